The highest BCUT2D eigenvalue weighted by Crippen LogP contribution is 2.29. The van der Waals surface area contributed by atoms with Gasteiger partial charge in [-0.2, -0.15) is 0 Å². The molecule has 4 heteroatoms. The molecule has 0 unspecified atom stereocenters. The molecule has 1 radical (unpaired) electrons. The molecule has 2 aliphatic carbocycles. The number of likely N-dealkylation sites (tertiary alicyclic amines) is 1. The van der Waals surface area contributed by atoms with E-state index in [4.69, 9.17) is 4.74 Å². The Labute approximate surface area is 177 Å². The minimum Gasteiger partial charge on any atom is -0.490 e. The molecule has 29 heavy (non-hydrogen) atoms. The Balaban J connectivity index is 1.01. The van der Waals surface area contributed by atoms with E-state index >= 15 is 0 Å². The summed E-state index contributed by atoms with van der Waals surface area (Å²) in [6.45, 7) is 8.60. The van der Waals surface area contributed by atoms with Crippen LogP contribution in [-0.2, 0) is 6.42 Å². The Morgan fingerprint density at radius 1 is 0.793 bits per heavy atom. The minimum atomic E-state index is 0.375. The molecule has 4 nitrogen and oxygen atoms in total. The van der Waals surface area contributed by atoms with Crippen LogP contribution in [0.4, 0.5) is 0 Å². The maximum absolute atomic E-state index is 6.24. The van der Waals surface area contributed by atoms with Crippen LogP contribution < -0.4 is 4.74 Å². The van der Waals surface area contributed by atoms with Crippen LogP contribution in [0.25, 0.3) is 0 Å². The van der Waals surface area contributed by atoms with E-state index in [1.54, 1.807) is 0 Å². The molecule has 4 fully saturated rings. The molecule has 159 valence electrons. The number of nitrogens with zero attached hydrogens (tertiary/aromatic N) is 3. The van der Waals surface area contributed by atoms with Crippen LogP contribution in [0.1, 0.15) is 56.9 Å². The van der Waals surface area contributed by atoms with Crippen LogP contribution in [0.3, 0.4) is 0 Å². The van der Waals surface area contributed by atoms with Crippen molar-refractivity contribution in [1.82, 2.24) is 14.7 Å². The molecule has 0 aromatic heterocycles. The number of piperazine rings is 1. The van der Waals surface area contributed by atoms with Crippen LogP contribution in [0.15, 0.2) is 18.2 Å². The standard InChI is InChI=1S/C25H38N3O/c1-3-22(4-1)27-15-12-25(13-16-27)29-24-9-7-21(8-10-24)11-14-26-17-19-28(20-18-26)23-5-2-6-23/h7-9,22-23,25H,1-6,11-20H2. The van der Waals surface area contributed by atoms with Gasteiger partial charge in [-0.3, -0.25) is 4.90 Å². The lowest BCUT2D eigenvalue weighted by Crippen LogP contribution is -2.52. The predicted molar refractivity (Wildman–Crippen MR) is 117 cm³/mol. The molecule has 2 aliphatic heterocycles. The van der Waals surface area contributed by atoms with Gasteiger partial charge in [0.15, 0.2) is 0 Å². The van der Waals surface area contributed by atoms with E-state index in [2.05, 4.69) is 39.0 Å². The molecule has 2 heterocycles. The average molecular weight is 397 g/mol. The summed E-state index contributed by atoms with van der Waals surface area (Å²) in [7, 11) is 0. The molecule has 2 saturated carbocycles. The van der Waals surface area contributed by atoms with Crippen molar-refractivity contribution in [1.29, 1.82) is 0 Å². The zero-order chi connectivity index (χ0) is 19.5. The van der Waals surface area contributed by atoms with Crippen LogP contribution in [0, 0.1) is 6.07 Å². The molecule has 1 aromatic carbocycles. The summed E-state index contributed by atoms with van der Waals surface area (Å²) in [6, 6.07) is 11.7. The van der Waals surface area contributed by atoms with Crippen LogP contribution in [0.2, 0.25) is 0 Å². The minimum absolute atomic E-state index is 0.375. The second-order valence-corrected chi connectivity index (χ2v) is 9.71. The highest BCUT2D eigenvalue weighted by atomic mass is 16.5. The summed E-state index contributed by atoms with van der Waals surface area (Å²) >= 11 is 0. The first kappa shape index (κ1) is 19.8. The molecule has 1 aromatic rings. The molecule has 0 bridgehead atoms. The normalized spacial score (nSPS) is 26.2. The van der Waals surface area contributed by atoms with Crippen molar-refractivity contribution in [3.63, 3.8) is 0 Å². The number of hydrogen-bond acceptors (Lipinski definition) is 4. The van der Waals surface area contributed by atoms with E-state index < -0.39 is 0 Å². The van der Waals surface area contributed by atoms with Gasteiger partial charge in [0.05, 0.1) is 0 Å². The van der Waals surface area contributed by atoms with Gasteiger partial charge in [-0.15, -0.1) is 0 Å². The van der Waals surface area contributed by atoms with Gasteiger partial charge in [0.25, 0.3) is 0 Å². The maximum Gasteiger partial charge on any atom is 0.127 e. The third-order valence-electron chi connectivity index (χ3n) is 7.92. The first-order valence-corrected chi connectivity index (χ1v) is 12.2. The highest BCUT2D eigenvalue weighted by Gasteiger charge is 2.29. The van der Waals surface area contributed by atoms with Gasteiger partial charge in [-0.05, 0) is 62.6 Å². The number of rotatable bonds is 7. The lowest BCUT2D eigenvalue weighted by molar-refractivity contribution is 0.0492. The third kappa shape index (κ3) is 4.98. The maximum atomic E-state index is 6.24. The number of hydrogen-bond donors (Lipinski definition) is 0. The van der Waals surface area contributed by atoms with E-state index in [0.717, 1.165) is 24.3 Å². The molecule has 0 atom stereocenters. The van der Waals surface area contributed by atoms with Crippen LogP contribution in [-0.4, -0.2) is 78.7 Å². The van der Waals surface area contributed by atoms with Crippen molar-refractivity contribution >= 4 is 0 Å². The molecule has 0 amide bonds. The fourth-order valence-electron chi connectivity index (χ4n) is 5.35. The highest BCUT2D eigenvalue weighted by molar-refractivity contribution is 5.26. The van der Waals surface area contributed by atoms with Crippen molar-refractivity contribution in [2.45, 2.75) is 76.0 Å². The SMILES string of the molecule is [c]1cc(CCN2CCN(C3CCC3)CC2)ccc1OC1CCN(C2CCC2)CC1. The van der Waals surface area contributed by atoms with Gasteiger partial charge < -0.3 is 14.5 Å². The molecule has 0 spiro atoms. The van der Waals surface area contributed by atoms with Gasteiger partial charge in [-0.1, -0.05) is 18.9 Å². The summed E-state index contributed by atoms with van der Waals surface area (Å²) in [5, 5.41) is 0. The van der Waals surface area contributed by atoms with Crippen LogP contribution in [0.5, 0.6) is 5.75 Å². The molecule has 5 rings (SSSR count). The molecular formula is C25H38N3O. The van der Waals surface area contributed by atoms with E-state index in [9.17, 15) is 0 Å². The van der Waals surface area contributed by atoms with Crippen molar-refractivity contribution in [3.8, 4) is 5.75 Å². The van der Waals surface area contributed by atoms with Gasteiger partial charge in [-0.25, -0.2) is 0 Å². The monoisotopic (exact) mass is 396 g/mol. The van der Waals surface area contributed by atoms with E-state index in [-0.39, 0.29) is 0 Å². The van der Waals surface area contributed by atoms with Crippen molar-refractivity contribution in [2.75, 3.05) is 45.8 Å². The Morgan fingerprint density at radius 3 is 2.00 bits per heavy atom. The van der Waals surface area contributed by atoms with E-state index in [0.29, 0.717) is 6.10 Å². The van der Waals surface area contributed by atoms with Gasteiger partial charge in [0.1, 0.15) is 11.9 Å². The first-order valence-electron chi connectivity index (χ1n) is 12.2. The summed E-state index contributed by atoms with van der Waals surface area (Å²) < 4.78 is 6.24. The van der Waals surface area contributed by atoms with E-state index in [1.165, 1.54) is 103 Å². The van der Waals surface area contributed by atoms with Crippen molar-refractivity contribution in [2.24, 2.45) is 0 Å². The zero-order valence-electron chi connectivity index (χ0n) is 18.0. The van der Waals surface area contributed by atoms with E-state index in [1.807, 2.05) is 0 Å². The quantitative estimate of drug-likeness (QED) is 0.701. The molecule has 2 saturated heterocycles. The van der Waals surface area contributed by atoms with Gasteiger partial charge in [0, 0.05) is 64.0 Å². The third-order valence-corrected chi connectivity index (χ3v) is 7.92. The van der Waals surface area contributed by atoms with Crippen molar-refractivity contribution in [3.05, 3.63) is 29.8 Å². The second kappa shape index (κ2) is 9.36. The number of ether oxygens (including phenoxy) is 1. The lowest BCUT2D eigenvalue weighted by Gasteiger charge is -2.43. The van der Waals surface area contributed by atoms with Crippen LogP contribution >= 0.6 is 0 Å². The Morgan fingerprint density at radius 2 is 1.45 bits per heavy atom. The summed E-state index contributed by atoms with van der Waals surface area (Å²) in [5.74, 6) is 0.935. The summed E-state index contributed by atoms with van der Waals surface area (Å²) in [5.41, 5.74) is 1.39. The predicted octanol–water partition coefficient (Wildman–Crippen LogP) is 3.60. The molecule has 4 aliphatic rings. The Hall–Kier alpha value is -1.10. The first-order chi connectivity index (χ1) is 14.3. The number of piperidine rings is 1. The van der Waals surface area contributed by atoms with Crippen molar-refractivity contribution < 1.29 is 4.74 Å². The fourth-order valence-corrected chi connectivity index (χ4v) is 5.35. The Bertz CT molecular complexity index is 624. The fraction of sp³-hybridized carbons (Fsp3) is 0.760. The van der Waals surface area contributed by atoms with Gasteiger partial charge >= 0.3 is 0 Å². The Kier molecular flexibility index (Phi) is 6.41. The number of benzene rings is 1. The molecule has 0 N–H and O–H groups in total. The molecular weight excluding hydrogens is 358 g/mol. The summed E-state index contributed by atoms with van der Waals surface area (Å²) in [4.78, 5) is 8.04. The zero-order valence-corrected chi connectivity index (χ0v) is 18.0. The van der Waals surface area contributed by atoms with Gasteiger partial charge in [0.2, 0.25) is 0 Å². The topological polar surface area (TPSA) is 19.0 Å². The second-order valence-electron chi connectivity index (χ2n) is 9.71. The smallest absolute Gasteiger partial charge is 0.127 e. The largest absolute Gasteiger partial charge is 0.490 e. The average Bonchev–Trinajstić information content (AvgIpc) is 2.67. The summed E-state index contributed by atoms with van der Waals surface area (Å²) in [6.07, 6.45) is 12.4. The lowest BCUT2D eigenvalue weighted by atomic mass is 9.90.